The van der Waals surface area contributed by atoms with Crippen LogP contribution in [0.1, 0.15) is 20.8 Å². The number of rotatable bonds is 3. The van der Waals surface area contributed by atoms with Crippen molar-refractivity contribution in [3.8, 4) is 0 Å². The Hall–Kier alpha value is 0.189. The molecule has 0 spiro atoms. The standard InChI is InChI=1S/C9H17N2O2.3CH3.Sn/c1-4-9(12)10-11-5-7(2)13-8(3)6-11;;;;/h4,7-8H,5-6H2,1-3H3,(H,10,12);3*1H3;. The van der Waals surface area contributed by atoms with Gasteiger partial charge in [0, 0.05) is 0 Å². The number of nitrogens with zero attached hydrogens (tertiary/aromatic N) is 1. The number of carbonyl (C=O) groups is 1. The molecule has 5 heteroatoms. The van der Waals surface area contributed by atoms with E-state index in [0.29, 0.717) is 0 Å². The maximum absolute atomic E-state index is 12.1. The molecule has 0 saturated carbocycles. The van der Waals surface area contributed by atoms with Crippen LogP contribution in [0.15, 0.2) is 0 Å². The summed E-state index contributed by atoms with van der Waals surface area (Å²) in [6.07, 6.45) is 0.375. The molecule has 0 aliphatic carbocycles. The number of amides is 1. The van der Waals surface area contributed by atoms with Crippen LogP contribution in [0.25, 0.3) is 0 Å². The van der Waals surface area contributed by atoms with Gasteiger partial charge in [0.1, 0.15) is 0 Å². The summed E-state index contributed by atoms with van der Waals surface area (Å²) in [6, 6.07) is 0. The Morgan fingerprint density at radius 1 is 1.29 bits per heavy atom. The number of ether oxygens (including phenoxy) is 1. The Morgan fingerprint density at radius 2 is 1.76 bits per heavy atom. The fraction of sp³-hybridized carbons (Fsp3) is 0.917. The van der Waals surface area contributed by atoms with Crippen molar-refractivity contribution in [1.82, 2.24) is 10.4 Å². The molecule has 1 aliphatic rings. The van der Waals surface area contributed by atoms with Gasteiger partial charge in [-0.3, -0.25) is 0 Å². The molecular formula is C12H26N2O2Sn. The van der Waals surface area contributed by atoms with E-state index >= 15 is 0 Å². The number of morpholine rings is 1. The van der Waals surface area contributed by atoms with Crippen LogP contribution in [0.5, 0.6) is 0 Å². The first-order chi connectivity index (χ1) is 7.70. The second-order valence-corrected chi connectivity index (χ2v) is 22.2. The van der Waals surface area contributed by atoms with E-state index in [1.165, 1.54) is 0 Å². The summed E-state index contributed by atoms with van der Waals surface area (Å²) in [5, 5.41) is 2.01. The molecule has 100 valence electrons. The molecule has 3 atom stereocenters. The molecule has 1 N–H and O–H groups in total. The van der Waals surface area contributed by atoms with Crippen LogP contribution >= 0.6 is 0 Å². The summed E-state index contributed by atoms with van der Waals surface area (Å²) in [6.45, 7) is 7.71. The summed E-state index contributed by atoms with van der Waals surface area (Å²) >= 11 is -2.13. The van der Waals surface area contributed by atoms with E-state index < -0.39 is 18.4 Å². The fourth-order valence-corrected chi connectivity index (χ4v) is 4.34. The van der Waals surface area contributed by atoms with Crippen molar-refractivity contribution in [3.05, 3.63) is 0 Å². The van der Waals surface area contributed by atoms with Crippen molar-refractivity contribution in [2.45, 2.75) is 51.7 Å². The van der Waals surface area contributed by atoms with E-state index in [1.807, 2.05) is 18.9 Å². The third-order valence-corrected chi connectivity index (χ3v) is 11.5. The van der Waals surface area contributed by atoms with E-state index in [1.54, 1.807) is 0 Å². The number of hydrogen-bond donors (Lipinski definition) is 1. The monoisotopic (exact) mass is 350 g/mol. The zero-order chi connectivity index (χ0) is 13.2. The average molecular weight is 349 g/mol. The van der Waals surface area contributed by atoms with Gasteiger partial charge in [0.15, 0.2) is 0 Å². The number of hydrogen-bond acceptors (Lipinski definition) is 3. The Bertz CT molecular complexity index is 268. The molecule has 0 aromatic rings. The molecule has 1 aliphatic heterocycles. The van der Waals surface area contributed by atoms with Crippen LogP contribution in [0, 0.1) is 0 Å². The molecule has 0 aromatic carbocycles. The Kier molecular flexibility index (Phi) is 5.28. The van der Waals surface area contributed by atoms with Gasteiger partial charge in [0.25, 0.3) is 0 Å². The van der Waals surface area contributed by atoms with Crippen molar-refractivity contribution < 1.29 is 9.53 Å². The van der Waals surface area contributed by atoms with Gasteiger partial charge in [0.2, 0.25) is 0 Å². The van der Waals surface area contributed by atoms with E-state index in [2.05, 4.69) is 27.2 Å². The predicted molar refractivity (Wildman–Crippen MR) is 72.5 cm³/mol. The van der Waals surface area contributed by atoms with E-state index in [9.17, 15) is 4.79 Å². The van der Waals surface area contributed by atoms with Crippen molar-refractivity contribution in [2.75, 3.05) is 13.1 Å². The Labute approximate surface area is 109 Å². The first-order valence-corrected chi connectivity index (χ1v) is 16.6. The topological polar surface area (TPSA) is 41.6 Å². The quantitative estimate of drug-likeness (QED) is 0.791. The maximum atomic E-state index is 12.1. The van der Waals surface area contributed by atoms with Crippen LogP contribution in [-0.4, -0.2) is 54.6 Å². The van der Waals surface area contributed by atoms with Crippen molar-refractivity contribution in [1.29, 1.82) is 0 Å². The molecule has 1 amide bonds. The van der Waals surface area contributed by atoms with Crippen molar-refractivity contribution in [3.63, 3.8) is 0 Å². The molecule has 3 unspecified atom stereocenters. The van der Waals surface area contributed by atoms with Gasteiger partial charge in [-0.1, -0.05) is 0 Å². The van der Waals surface area contributed by atoms with Gasteiger partial charge in [-0.2, -0.15) is 0 Å². The van der Waals surface area contributed by atoms with Crippen LogP contribution in [-0.2, 0) is 9.53 Å². The van der Waals surface area contributed by atoms with Gasteiger partial charge >= 0.3 is 109 Å². The Balaban J connectivity index is 2.51. The van der Waals surface area contributed by atoms with Crippen molar-refractivity contribution >= 4 is 24.3 Å². The minimum atomic E-state index is -2.13. The summed E-state index contributed by atoms with van der Waals surface area (Å²) < 4.78 is 5.85. The molecule has 1 fully saturated rings. The van der Waals surface area contributed by atoms with Gasteiger partial charge in [-0.05, 0) is 0 Å². The Morgan fingerprint density at radius 3 is 2.18 bits per heavy atom. The zero-order valence-corrected chi connectivity index (χ0v) is 14.8. The number of carbonyl (C=O) groups excluding carboxylic acids is 1. The summed E-state index contributed by atoms with van der Waals surface area (Å²) in [5.41, 5.74) is 3.05. The second kappa shape index (κ2) is 5.89. The molecule has 0 bridgehead atoms. The van der Waals surface area contributed by atoms with Crippen molar-refractivity contribution in [2.24, 2.45) is 0 Å². The molecule has 17 heavy (non-hydrogen) atoms. The molecule has 0 radical (unpaired) electrons. The van der Waals surface area contributed by atoms with E-state index in [-0.39, 0.29) is 22.0 Å². The van der Waals surface area contributed by atoms with Gasteiger partial charge in [0.05, 0.1) is 0 Å². The number of hydrazine groups is 1. The van der Waals surface area contributed by atoms with E-state index in [0.717, 1.165) is 13.1 Å². The second-order valence-electron chi connectivity index (χ2n) is 6.23. The first kappa shape index (κ1) is 15.2. The van der Waals surface area contributed by atoms with Crippen LogP contribution < -0.4 is 5.43 Å². The third kappa shape index (κ3) is 4.75. The van der Waals surface area contributed by atoms with Gasteiger partial charge < -0.3 is 0 Å². The summed E-state index contributed by atoms with van der Waals surface area (Å²) in [5.74, 6) is 0.189. The molecule has 1 saturated heterocycles. The molecule has 1 heterocycles. The van der Waals surface area contributed by atoms with Crippen LogP contribution in [0.4, 0.5) is 0 Å². The minimum absolute atomic E-state index is 0.188. The average Bonchev–Trinajstić information content (AvgIpc) is 2.13. The number of nitrogens with one attached hydrogen (secondary N) is 1. The molecular weight excluding hydrogens is 323 g/mol. The SMILES string of the molecule is CC1CN(NC(=O)[CH](C)[Sn]([CH3])([CH3])[CH3])CC(C)O1. The van der Waals surface area contributed by atoms with Crippen LogP contribution in [0.2, 0.25) is 18.8 Å². The predicted octanol–water partition coefficient (Wildman–Crippen LogP) is 1.86. The first-order valence-electron chi connectivity index (χ1n) is 6.41. The summed E-state index contributed by atoms with van der Waals surface area (Å²) in [7, 11) is 0. The van der Waals surface area contributed by atoms with E-state index in [4.69, 9.17) is 4.74 Å². The van der Waals surface area contributed by atoms with Gasteiger partial charge in [-0.15, -0.1) is 0 Å². The third-order valence-electron chi connectivity index (χ3n) is 3.38. The van der Waals surface area contributed by atoms with Crippen LogP contribution in [0.3, 0.4) is 0 Å². The van der Waals surface area contributed by atoms with Gasteiger partial charge in [-0.25, -0.2) is 0 Å². The normalized spacial score (nSPS) is 28.8. The molecule has 1 rings (SSSR count). The zero-order valence-electron chi connectivity index (χ0n) is 11.9. The molecule has 0 aromatic heterocycles. The molecule has 4 nitrogen and oxygen atoms in total. The fourth-order valence-electron chi connectivity index (χ4n) is 1.92. The summed E-state index contributed by atoms with van der Waals surface area (Å²) in [4.78, 5) is 19.0.